The van der Waals surface area contributed by atoms with E-state index in [1.54, 1.807) is 0 Å². The van der Waals surface area contributed by atoms with Crippen LogP contribution >= 0.6 is 0 Å². The maximum absolute atomic E-state index is 12.7. The van der Waals surface area contributed by atoms with Gasteiger partial charge in [-0.25, -0.2) is 0 Å². The molecule has 1 rings (SSSR count). The quantitative estimate of drug-likeness (QED) is 0.0281. The minimum Gasteiger partial charge on any atom is -0.457 e. The van der Waals surface area contributed by atoms with Crippen LogP contribution in [0.4, 0.5) is 0 Å². The van der Waals surface area contributed by atoms with Gasteiger partial charge < -0.3 is 39.4 Å². The van der Waals surface area contributed by atoms with E-state index in [9.17, 15) is 25.2 Å². The third-order valence-corrected chi connectivity index (χ3v) is 9.78. The SMILES string of the molecule is CCCCC/C=C\C/C=C\CCCCCCCCCCOCC(COC1OC(CO)C(O)C(O)C1O)OC(=O)CCCCCCC/C=C\CCCCC. The van der Waals surface area contributed by atoms with E-state index in [1.165, 1.54) is 103 Å². The Hall–Kier alpha value is -1.59. The van der Waals surface area contributed by atoms with E-state index >= 15 is 0 Å². The first-order valence-electron chi connectivity index (χ1n) is 21.6. The summed E-state index contributed by atoms with van der Waals surface area (Å²) in [6.07, 6.45) is 34.5. The van der Waals surface area contributed by atoms with E-state index in [4.69, 9.17) is 18.9 Å². The van der Waals surface area contributed by atoms with Crippen molar-refractivity contribution in [2.45, 2.75) is 211 Å². The molecule has 0 radical (unpaired) electrons. The number of carbonyl (C=O) groups excluding carboxylic acids is 1. The van der Waals surface area contributed by atoms with E-state index in [0.717, 1.165) is 51.4 Å². The molecule has 0 saturated carbocycles. The molecule has 1 aliphatic heterocycles. The van der Waals surface area contributed by atoms with E-state index in [0.29, 0.717) is 13.0 Å². The molecule has 0 amide bonds. The maximum atomic E-state index is 12.7. The topological polar surface area (TPSA) is 135 Å². The van der Waals surface area contributed by atoms with Gasteiger partial charge in [0, 0.05) is 13.0 Å². The van der Waals surface area contributed by atoms with Crippen molar-refractivity contribution in [3.8, 4) is 0 Å². The molecule has 310 valence electrons. The van der Waals surface area contributed by atoms with Gasteiger partial charge in [0.15, 0.2) is 6.29 Å². The van der Waals surface area contributed by atoms with Crippen molar-refractivity contribution < 1.29 is 44.2 Å². The van der Waals surface area contributed by atoms with Crippen LogP contribution in [0.3, 0.4) is 0 Å². The standard InChI is InChI=1S/C44H80O9/c1-3-5-7-9-11-13-15-17-18-19-20-21-22-24-26-28-30-32-34-50-36-38(37-51-44-43(49)42(48)41(47)39(35-45)53-44)52-40(46)33-31-29-27-25-23-16-14-12-10-8-6-4-2/h11-14,17-18,38-39,41-45,47-49H,3-10,15-16,19-37H2,1-2H3/b13-11-,14-12-,18-17-. The number of unbranched alkanes of at least 4 members (excludes halogenated alkanes) is 19. The van der Waals surface area contributed by atoms with Crippen LogP contribution in [-0.2, 0) is 23.7 Å². The van der Waals surface area contributed by atoms with Crippen LogP contribution < -0.4 is 0 Å². The second kappa shape index (κ2) is 36.1. The third kappa shape index (κ3) is 27.6. The van der Waals surface area contributed by atoms with Gasteiger partial charge in [-0.1, -0.05) is 134 Å². The van der Waals surface area contributed by atoms with Gasteiger partial charge in [-0.05, 0) is 70.6 Å². The van der Waals surface area contributed by atoms with Gasteiger partial charge in [0.05, 0.1) is 19.8 Å². The number of allylic oxidation sites excluding steroid dienone is 6. The fraction of sp³-hybridized carbons (Fsp3) is 0.841. The van der Waals surface area contributed by atoms with Crippen LogP contribution in [0.25, 0.3) is 0 Å². The molecule has 0 aromatic rings. The van der Waals surface area contributed by atoms with Crippen LogP contribution in [0.15, 0.2) is 36.5 Å². The van der Waals surface area contributed by atoms with Gasteiger partial charge in [-0.15, -0.1) is 0 Å². The molecule has 1 aliphatic rings. The maximum Gasteiger partial charge on any atom is 0.306 e. The summed E-state index contributed by atoms with van der Waals surface area (Å²) in [5.41, 5.74) is 0. The molecule has 1 heterocycles. The summed E-state index contributed by atoms with van der Waals surface area (Å²) in [7, 11) is 0. The van der Waals surface area contributed by atoms with Crippen molar-refractivity contribution in [2.75, 3.05) is 26.4 Å². The summed E-state index contributed by atoms with van der Waals surface area (Å²) in [5, 5.41) is 40.0. The van der Waals surface area contributed by atoms with Gasteiger partial charge in [0.2, 0.25) is 0 Å². The van der Waals surface area contributed by atoms with Crippen molar-refractivity contribution in [1.29, 1.82) is 0 Å². The highest BCUT2D eigenvalue weighted by molar-refractivity contribution is 5.69. The first-order chi connectivity index (χ1) is 25.9. The lowest BCUT2D eigenvalue weighted by atomic mass is 9.99. The van der Waals surface area contributed by atoms with Gasteiger partial charge in [-0.3, -0.25) is 4.79 Å². The number of esters is 1. The van der Waals surface area contributed by atoms with Gasteiger partial charge in [-0.2, -0.15) is 0 Å². The number of aliphatic hydroxyl groups is 4. The highest BCUT2D eigenvalue weighted by atomic mass is 16.7. The van der Waals surface area contributed by atoms with E-state index in [-0.39, 0.29) is 19.2 Å². The largest absolute Gasteiger partial charge is 0.457 e. The predicted molar refractivity (Wildman–Crippen MR) is 215 cm³/mol. The molecule has 53 heavy (non-hydrogen) atoms. The molecule has 1 fully saturated rings. The molecule has 0 aromatic carbocycles. The fourth-order valence-electron chi connectivity index (χ4n) is 6.34. The molecule has 9 nitrogen and oxygen atoms in total. The highest BCUT2D eigenvalue weighted by Crippen LogP contribution is 2.22. The molecule has 0 bridgehead atoms. The molecular formula is C44H80O9. The Morgan fingerprint density at radius 3 is 1.64 bits per heavy atom. The second-order valence-corrected chi connectivity index (χ2v) is 14.8. The van der Waals surface area contributed by atoms with E-state index < -0.39 is 43.4 Å². The zero-order valence-electron chi connectivity index (χ0n) is 33.8. The first kappa shape index (κ1) is 49.4. The Morgan fingerprint density at radius 1 is 0.604 bits per heavy atom. The fourth-order valence-corrected chi connectivity index (χ4v) is 6.34. The molecule has 0 spiro atoms. The van der Waals surface area contributed by atoms with Crippen molar-refractivity contribution in [3.63, 3.8) is 0 Å². The number of hydrogen-bond acceptors (Lipinski definition) is 9. The molecule has 4 N–H and O–H groups in total. The lowest BCUT2D eigenvalue weighted by Crippen LogP contribution is -2.59. The molecule has 1 saturated heterocycles. The zero-order chi connectivity index (χ0) is 38.6. The van der Waals surface area contributed by atoms with Gasteiger partial charge >= 0.3 is 5.97 Å². The number of rotatable bonds is 36. The lowest BCUT2D eigenvalue weighted by Gasteiger charge is -2.39. The van der Waals surface area contributed by atoms with Crippen molar-refractivity contribution in [2.24, 2.45) is 0 Å². The van der Waals surface area contributed by atoms with Crippen LogP contribution in [0.1, 0.15) is 174 Å². The lowest BCUT2D eigenvalue weighted by molar-refractivity contribution is -0.305. The van der Waals surface area contributed by atoms with Gasteiger partial charge in [0.1, 0.15) is 30.5 Å². The van der Waals surface area contributed by atoms with Crippen LogP contribution in [0.2, 0.25) is 0 Å². The minimum absolute atomic E-state index is 0.119. The Morgan fingerprint density at radius 2 is 1.09 bits per heavy atom. The number of hydrogen-bond donors (Lipinski definition) is 4. The summed E-state index contributed by atoms with van der Waals surface area (Å²) >= 11 is 0. The molecular weight excluding hydrogens is 672 g/mol. The normalized spacial score (nSPS) is 21.4. The molecule has 0 aromatic heterocycles. The zero-order valence-corrected chi connectivity index (χ0v) is 33.8. The number of carbonyl (C=O) groups is 1. The summed E-state index contributed by atoms with van der Waals surface area (Å²) in [4.78, 5) is 12.7. The van der Waals surface area contributed by atoms with Gasteiger partial charge in [0.25, 0.3) is 0 Å². The van der Waals surface area contributed by atoms with Crippen molar-refractivity contribution >= 4 is 5.97 Å². The third-order valence-electron chi connectivity index (χ3n) is 9.78. The Bertz CT molecular complexity index is 905. The minimum atomic E-state index is -1.54. The van der Waals surface area contributed by atoms with Crippen molar-refractivity contribution in [3.05, 3.63) is 36.5 Å². The second-order valence-electron chi connectivity index (χ2n) is 14.8. The average molecular weight is 753 g/mol. The highest BCUT2D eigenvalue weighted by Gasteiger charge is 2.44. The van der Waals surface area contributed by atoms with Crippen LogP contribution in [0.5, 0.6) is 0 Å². The Balaban J connectivity index is 2.28. The molecule has 6 unspecified atom stereocenters. The predicted octanol–water partition coefficient (Wildman–Crippen LogP) is 9.19. The summed E-state index contributed by atoms with van der Waals surface area (Å²) in [6, 6.07) is 0. The molecule has 9 heteroatoms. The van der Waals surface area contributed by atoms with Crippen molar-refractivity contribution in [1.82, 2.24) is 0 Å². The Kier molecular flexibility index (Phi) is 33.6. The van der Waals surface area contributed by atoms with Crippen LogP contribution in [-0.4, -0.2) is 89.6 Å². The van der Waals surface area contributed by atoms with Crippen LogP contribution in [0, 0.1) is 0 Å². The Labute approximate surface area is 323 Å². The molecule has 0 aliphatic carbocycles. The summed E-state index contributed by atoms with van der Waals surface area (Å²) in [6.45, 7) is 4.48. The average Bonchev–Trinajstić information content (AvgIpc) is 3.16. The number of aliphatic hydroxyl groups excluding tert-OH is 4. The van der Waals surface area contributed by atoms with E-state index in [2.05, 4.69) is 50.3 Å². The summed E-state index contributed by atoms with van der Waals surface area (Å²) in [5.74, 6) is -0.327. The molecule has 6 atom stereocenters. The summed E-state index contributed by atoms with van der Waals surface area (Å²) < 4.78 is 22.8. The monoisotopic (exact) mass is 753 g/mol. The smallest absolute Gasteiger partial charge is 0.306 e. The van der Waals surface area contributed by atoms with E-state index in [1.807, 2.05) is 0 Å². The first-order valence-corrected chi connectivity index (χ1v) is 21.6. The number of ether oxygens (including phenoxy) is 4.